The Morgan fingerprint density at radius 1 is 0.872 bits per heavy atom. The van der Waals surface area contributed by atoms with Crippen molar-refractivity contribution in [3.63, 3.8) is 0 Å². The molecule has 1 heterocycles. The first-order valence-corrected chi connectivity index (χ1v) is 12.2. The van der Waals surface area contributed by atoms with Gasteiger partial charge in [0.05, 0.1) is 4.92 Å². The molecule has 5 rings (SSSR count). The van der Waals surface area contributed by atoms with Crippen LogP contribution in [-0.4, -0.2) is 27.7 Å². The van der Waals surface area contributed by atoms with Crippen molar-refractivity contribution in [1.82, 2.24) is 10.2 Å². The molecule has 4 aromatic rings. The van der Waals surface area contributed by atoms with Gasteiger partial charge in [-0.15, -0.1) is 0 Å². The minimum absolute atomic E-state index is 0.0408. The van der Waals surface area contributed by atoms with Gasteiger partial charge in [0.1, 0.15) is 11.7 Å². The summed E-state index contributed by atoms with van der Waals surface area (Å²) in [4.78, 5) is 53.8. The number of urea groups is 1. The van der Waals surface area contributed by atoms with Crippen LogP contribution >= 0.6 is 0 Å². The molecule has 194 valence electrons. The van der Waals surface area contributed by atoms with Gasteiger partial charge in [-0.1, -0.05) is 97.1 Å². The number of benzene rings is 4. The molecule has 0 spiro atoms. The van der Waals surface area contributed by atoms with Gasteiger partial charge in [0.2, 0.25) is 0 Å². The van der Waals surface area contributed by atoms with Gasteiger partial charge < -0.3 is 10.6 Å². The zero-order chi connectivity index (χ0) is 27.6. The Morgan fingerprint density at radius 3 is 1.95 bits per heavy atom. The van der Waals surface area contributed by atoms with E-state index in [-0.39, 0.29) is 11.4 Å². The van der Waals surface area contributed by atoms with E-state index in [4.69, 9.17) is 0 Å². The van der Waals surface area contributed by atoms with Crippen LogP contribution in [0.3, 0.4) is 0 Å². The maximum atomic E-state index is 14.4. The van der Waals surface area contributed by atoms with Gasteiger partial charge >= 0.3 is 6.03 Å². The molecule has 1 aliphatic rings. The first kappa shape index (κ1) is 25.3. The number of nitrogens with one attached hydrogen (secondary N) is 2. The van der Waals surface area contributed by atoms with E-state index in [0.29, 0.717) is 22.3 Å². The van der Waals surface area contributed by atoms with Crippen molar-refractivity contribution in [3.05, 3.63) is 142 Å². The quantitative estimate of drug-likeness (QED) is 0.200. The van der Waals surface area contributed by atoms with Crippen LogP contribution < -0.4 is 10.6 Å². The second-order valence-corrected chi connectivity index (χ2v) is 9.17. The molecule has 39 heavy (non-hydrogen) atoms. The summed E-state index contributed by atoms with van der Waals surface area (Å²) in [5.74, 6) is -1.42. The molecule has 0 aliphatic carbocycles. The van der Waals surface area contributed by atoms with Crippen molar-refractivity contribution < 1.29 is 19.3 Å². The molecule has 0 aromatic heterocycles. The Bertz CT molecular complexity index is 1520. The van der Waals surface area contributed by atoms with Gasteiger partial charge in [0, 0.05) is 6.07 Å². The van der Waals surface area contributed by atoms with Gasteiger partial charge in [0.25, 0.3) is 17.5 Å². The van der Waals surface area contributed by atoms with E-state index in [1.807, 2.05) is 0 Å². The monoisotopic (exact) mass is 520 g/mol. The molecule has 1 saturated heterocycles. The molecule has 1 aliphatic heterocycles. The van der Waals surface area contributed by atoms with E-state index in [1.165, 1.54) is 12.1 Å². The molecule has 9 nitrogen and oxygen atoms in total. The normalized spacial score (nSPS) is 14.9. The van der Waals surface area contributed by atoms with Crippen molar-refractivity contribution in [2.45, 2.75) is 18.5 Å². The number of amides is 4. The number of hydrogen-bond donors (Lipinski definition) is 2. The molecule has 0 radical (unpaired) electrons. The smallest absolute Gasteiger partial charge is 0.318 e. The zero-order valence-corrected chi connectivity index (χ0v) is 20.9. The minimum atomic E-state index is -1.58. The highest BCUT2D eigenvalue weighted by Crippen LogP contribution is 2.40. The first-order chi connectivity index (χ1) is 18.8. The molecule has 9 heteroatoms. The maximum Gasteiger partial charge on any atom is 0.326 e. The Kier molecular flexibility index (Phi) is 6.64. The number of nitro benzene ring substituents is 1. The highest BCUT2D eigenvalue weighted by molar-refractivity contribution is 6.13. The summed E-state index contributed by atoms with van der Waals surface area (Å²) >= 11 is 0. The Morgan fingerprint density at radius 2 is 1.41 bits per heavy atom. The van der Waals surface area contributed by atoms with E-state index in [9.17, 15) is 24.5 Å². The lowest BCUT2D eigenvalue weighted by molar-refractivity contribution is -0.384. The van der Waals surface area contributed by atoms with Gasteiger partial charge in [0.15, 0.2) is 5.54 Å². The number of nitrogens with zero attached hydrogens (tertiary/aromatic N) is 2. The van der Waals surface area contributed by atoms with Crippen LogP contribution in [0.4, 0.5) is 16.2 Å². The highest BCUT2D eigenvalue weighted by atomic mass is 16.6. The van der Waals surface area contributed by atoms with E-state index in [2.05, 4.69) is 10.6 Å². The number of hydrogen-bond acceptors (Lipinski definition) is 5. The summed E-state index contributed by atoms with van der Waals surface area (Å²) < 4.78 is 0. The molecule has 0 unspecified atom stereocenters. The maximum absolute atomic E-state index is 14.4. The number of aryl methyl sites for hydroxylation is 1. The van der Waals surface area contributed by atoms with Crippen molar-refractivity contribution in [1.29, 1.82) is 0 Å². The van der Waals surface area contributed by atoms with Crippen LogP contribution in [0, 0.1) is 17.0 Å². The fraction of sp³-hybridized carbons (Fsp3) is 0.100. The predicted octanol–water partition coefficient (Wildman–Crippen LogP) is 5.08. The summed E-state index contributed by atoms with van der Waals surface area (Å²) in [5, 5.41) is 17.1. The van der Waals surface area contributed by atoms with E-state index < -0.39 is 34.3 Å². The lowest BCUT2D eigenvalue weighted by Crippen LogP contribution is -2.46. The van der Waals surface area contributed by atoms with E-state index in [0.717, 1.165) is 4.90 Å². The molecule has 0 saturated carbocycles. The fourth-order valence-electron chi connectivity index (χ4n) is 4.87. The minimum Gasteiger partial charge on any atom is -0.318 e. The summed E-state index contributed by atoms with van der Waals surface area (Å²) in [6.45, 7) is 1.70. The van der Waals surface area contributed by atoms with Crippen molar-refractivity contribution in [2.24, 2.45) is 0 Å². The van der Waals surface area contributed by atoms with Crippen LogP contribution in [0.1, 0.15) is 28.3 Å². The van der Waals surface area contributed by atoms with E-state index in [1.54, 1.807) is 104 Å². The number of imide groups is 1. The molecular weight excluding hydrogens is 496 g/mol. The van der Waals surface area contributed by atoms with Crippen molar-refractivity contribution >= 4 is 29.2 Å². The Balaban J connectivity index is 1.62. The lowest BCUT2D eigenvalue weighted by atomic mass is 9.82. The van der Waals surface area contributed by atoms with Gasteiger partial charge in [-0.25, -0.2) is 9.69 Å². The lowest BCUT2D eigenvalue weighted by Gasteiger charge is -2.30. The summed E-state index contributed by atoms with van der Waals surface area (Å²) in [7, 11) is 0. The highest BCUT2D eigenvalue weighted by Gasteiger charge is 2.57. The van der Waals surface area contributed by atoms with Gasteiger partial charge in [-0.3, -0.25) is 19.7 Å². The van der Waals surface area contributed by atoms with Crippen LogP contribution in [-0.2, 0) is 15.1 Å². The number of carbonyl (C=O) groups is 3. The number of carbonyl (C=O) groups excluding carboxylic acids is 3. The SMILES string of the molecule is Cc1ccc(NC(=O)[C@@H](c2ccccc2)N2C(=O)NC(c3ccccc3)(c3ccccc3)C2=O)c([N+](=O)[O-])c1. The van der Waals surface area contributed by atoms with E-state index >= 15 is 0 Å². The molecule has 4 amide bonds. The molecule has 0 bridgehead atoms. The Hall–Kier alpha value is -5.31. The first-order valence-electron chi connectivity index (χ1n) is 12.2. The zero-order valence-electron chi connectivity index (χ0n) is 20.9. The Labute approximate surface area is 224 Å². The predicted molar refractivity (Wildman–Crippen MR) is 145 cm³/mol. The van der Waals surface area contributed by atoms with Crippen LogP contribution in [0.15, 0.2) is 109 Å². The number of rotatable bonds is 7. The fourth-order valence-corrected chi connectivity index (χ4v) is 4.87. The van der Waals surface area contributed by atoms with Crippen molar-refractivity contribution in [2.75, 3.05) is 5.32 Å². The summed E-state index contributed by atoms with van der Waals surface area (Å²) in [6.07, 6.45) is 0. The summed E-state index contributed by atoms with van der Waals surface area (Å²) in [5.41, 5.74) is 0.144. The molecule has 4 aromatic carbocycles. The average Bonchev–Trinajstić information content (AvgIpc) is 3.22. The number of nitro groups is 1. The van der Waals surface area contributed by atoms with Crippen LogP contribution in [0.5, 0.6) is 0 Å². The third-order valence-electron chi connectivity index (χ3n) is 6.70. The third kappa shape index (κ3) is 4.50. The average molecular weight is 521 g/mol. The largest absolute Gasteiger partial charge is 0.326 e. The number of anilines is 1. The summed E-state index contributed by atoms with van der Waals surface area (Å²) in [6, 6.07) is 28.2. The van der Waals surface area contributed by atoms with Crippen molar-refractivity contribution in [3.8, 4) is 0 Å². The molecule has 1 fully saturated rings. The van der Waals surface area contributed by atoms with Crippen LogP contribution in [0.25, 0.3) is 0 Å². The second-order valence-electron chi connectivity index (χ2n) is 9.17. The third-order valence-corrected chi connectivity index (χ3v) is 6.70. The molecular formula is C30H24N4O5. The molecule has 2 N–H and O–H groups in total. The van der Waals surface area contributed by atoms with Gasteiger partial charge in [-0.2, -0.15) is 0 Å². The topological polar surface area (TPSA) is 122 Å². The van der Waals surface area contributed by atoms with Gasteiger partial charge in [-0.05, 0) is 35.2 Å². The second kappa shape index (κ2) is 10.2. The van der Waals surface area contributed by atoms with Crippen LogP contribution in [0.2, 0.25) is 0 Å². The molecule has 1 atom stereocenters. The standard InChI is InChI=1S/C30H24N4O5/c1-20-17-18-24(25(19-20)34(38)39)31-27(35)26(21-11-5-2-6-12-21)33-28(36)30(32-29(33)37,22-13-7-3-8-14-22)23-15-9-4-10-16-23/h2-19,26H,1H3,(H,31,35)(H,32,37)/t26-/m1/s1.